The summed E-state index contributed by atoms with van der Waals surface area (Å²) >= 11 is 1.32. The van der Waals surface area contributed by atoms with Crippen LogP contribution in [-0.2, 0) is 4.79 Å². The van der Waals surface area contributed by atoms with Gasteiger partial charge in [0.15, 0.2) is 0 Å². The Labute approximate surface area is 134 Å². The molecular formula is C15H23N5OS. The van der Waals surface area contributed by atoms with Gasteiger partial charge >= 0.3 is 0 Å². The molecule has 0 aliphatic heterocycles. The molecule has 0 radical (unpaired) electrons. The van der Waals surface area contributed by atoms with Gasteiger partial charge in [-0.3, -0.25) is 4.79 Å². The zero-order valence-corrected chi connectivity index (χ0v) is 13.5. The summed E-state index contributed by atoms with van der Waals surface area (Å²) < 4.78 is 0. The molecule has 4 N–H and O–H groups in total. The zero-order valence-electron chi connectivity index (χ0n) is 12.7. The van der Waals surface area contributed by atoms with E-state index in [4.69, 9.17) is 5.73 Å². The molecule has 5 rings (SSSR count). The van der Waals surface area contributed by atoms with E-state index >= 15 is 0 Å². The molecule has 0 spiro atoms. The summed E-state index contributed by atoms with van der Waals surface area (Å²) in [6.07, 6.45) is 8.29. The van der Waals surface area contributed by atoms with E-state index in [1.54, 1.807) is 0 Å². The maximum absolute atomic E-state index is 12.1. The lowest BCUT2D eigenvalue weighted by molar-refractivity contribution is -0.120. The van der Waals surface area contributed by atoms with Crippen LogP contribution in [0.5, 0.6) is 0 Å². The van der Waals surface area contributed by atoms with Crippen molar-refractivity contribution in [3.63, 3.8) is 0 Å². The molecule has 22 heavy (non-hydrogen) atoms. The monoisotopic (exact) mass is 321 g/mol. The summed E-state index contributed by atoms with van der Waals surface area (Å²) in [5.74, 6) is 3.49. The Morgan fingerprint density at radius 2 is 1.91 bits per heavy atom. The summed E-state index contributed by atoms with van der Waals surface area (Å²) in [6, 6.07) is 0. The fourth-order valence-corrected chi connectivity index (χ4v) is 5.93. The zero-order chi connectivity index (χ0) is 15.2. The fourth-order valence-electron chi connectivity index (χ4n) is 5.30. The van der Waals surface area contributed by atoms with Crippen molar-refractivity contribution in [2.75, 3.05) is 18.0 Å². The van der Waals surface area contributed by atoms with E-state index in [1.807, 2.05) is 0 Å². The van der Waals surface area contributed by atoms with Crippen molar-refractivity contribution in [2.45, 2.75) is 43.7 Å². The number of amides is 1. The fraction of sp³-hybridized carbons (Fsp3) is 0.800. The van der Waals surface area contributed by atoms with Crippen molar-refractivity contribution in [3.8, 4) is 0 Å². The number of H-pyrrole nitrogens is 1. The van der Waals surface area contributed by atoms with Gasteiger partial charge in [-0.25, -0.2) is 5.10 Å². The highest BCUT2D eigenvalue weighted by atomic mass is 32.2. The molecule has 7 heteroatoms. The van der Waals surface area contributed by atoms with E-state index < -0.39 is 0 Å². The maximum Gasteiger partial charge on any atom is 0.230 e. The number of nitrogen functional groups attached to an aromatic ring is 1. The molecule has 1 aromatic rings. The number of anilines is 1. The number of carbonyl (C=O) groups excluding carboxylic acids is 1. The van der Waals surface area contributed by atoms with Crippen LogP contribution in [0.4, 0.5) is 5.95 Å². The second-order valence-corrected chi connectivity index (χ2v) is 8.43. The number of carbonyl (C=O) groups is 1. The highest BCUT2D eigenvalue weighted by Gasteiger charge is 2.50. The Balaban J connectivity index is 1.28. The Morgan fingerprint density at radius 1 is 1.27 bits per heavy atom. The van der Waals surface area contributed by atoms with Crippen LogP contribution >= 0.6 is 11.8 Å². The predicted octanol–water partition coefficient (Wildman–Crippen LogP) is 1.81. The van der Waals surface area contributed by atoms with Gasteiger partial charge < -0.3 is 11.1 Å². The van der Waals surface area contributed by atoms with Crippen molar-refractivity contribution in [1.82, 2.24) is 20.5 Å². The van der Waals surface area contributed by atoms with Crippen molar-refractivity contribution < 1.29 is 4.79 Å². The van der Waals surface area contributed by atoms with Gasteiger partial charge in [-0.2, -0.15) is 4.98 Å². The first-order valence-corrected chi connectivity index (χ1v) is 9.16. The van der Waals surface area contributed by atoms with E-state index in [2.05, 4.69) is 20.5 Å². The maximum atomic E-state index is 12.1. The second kappa shape index (κ2) is 5.44. The van der Waals surface area contributed by atoms with E-state index in [0.717, 1.165) is 24.3 Å². The molecule has 1 amide bonds. The van der Waals surface area contributed by atoms with Crippen LogP contribution < -0.4 is 11.1 Å². The molecular weight excluding hydrogens is 298 g/mol. The third kappa shape index (κ3) is 2.83. The van der Waals surface area contributed by atoms with E-state index in [-0.39, 0.29) is 11.9 Å². The summed E-state index contributed by atoms with van der Waals surface area (Å²) in [5, 5.41) is 10.2. The van der Waals surface area contributed by atoms with Gasteiger partial charge in [-0.05, 0) is 61.7 Å². The van der Waals surface area contributed by atoms with Gasteiger partial charge in [0.1, 0.15) is 0 Å². The minimum absolute atomic E-state index is 0.0733. The number of aromatic amines is 1. The Bertz CT molecular complexity index is 537. The molecule has 4 bridgehead atoms. The molecule has 1 aromatic heterocycles. The molecule has 120 valence electrons. The smallest absolute Gasteiger partial charge is 0.230 e. The van der Waals surface area contributed by atoms with Gasteiger partial charge in [0.05, 0.1) is 5.75 Å². The summed E-state index contributed by atoms with van der Waals surface area (Å²) in [7, 11) is 0. The van der Waals surface area contributed by atoms with Crippen molar-refractivity contribution in [2.24, 2.45) is 23.2 Å². The van der Waals surface area contributed by atoms with Gasteiger partial charge in [-0.1, -0.05) is 11.8 Å². The molecule has 4 saturated carbocycles. The lowest BCUT2D eigenvalue weighted by Crippen LogP contribution is -2.51. The molecule has 0 saturated heterocycles. The second-order valence-electron chi connectivity index (χ2n) is 7.49. The van der Waals surface area contributed by atoms with Gasteiger partial charge in [0.25, 0.3) is 0 Å². The van der Waals surface area contributed by atoms with Gasteiger partial charge in [-0.15, -0.1) is 5.10 Å². The largest absolute Gasteiger partial charge is 0.368 e. The number of rotatable bonds is 5. The summed E-state index contributed by atoms with van der Waals surface area (Å²) in [4.78, 5) is 16.1. The van der Waals surface area contributed by atoms with Crippen LogP contribution in [0.15, 0.2) is 5.16 Å². The Kier molecular flexibility index (Phi) is 3.55. The Morgan fingerprint density at radius 3 is 2.45 bits per heavy atom. The predicted molar refractivity (Wildman–Crippen MR) is 85.1 cm³/mol. The molecule has 0 unspecified atom stereocenters. The third-order valence-electron chi connectivity index (χ3n) is 5.64. The summed E-state index contributed by atoms with van der Waals surface area (Å²) in [6.45, 7) is 0.853. The standard InChI is InChI=1S/C15H23N5OS/c16-13-18-14(20-19-13)22-7-12(21)17-8-15-4-9-1-10(5-15)3-11(2-9)6-15/h9-11H,1-8H2,(H,17,21)(H3,16,18,19,20). The molecule has 4 fully saturated rings. The average Bonchev–Trinajstić information content (AvgIpc) is 2.87. The minimum atomic E-state index is 0.0733. The number of aromatic nitrogens is 3. The summed E-state index contributed by atoms with van der Waals surface area (Å²) in [5.41, 5.74) is 5.86. The number of nitrogens with one attached hydrogen (secondary N) is 2. The van der Waals surface area contributed by atoms with Crippen molar-refractivity contribution >= 4 is 23.6 Å². The van der Waals surface area contributed by atoms with E-state index in [9.17, 15) is 4.79 Å². The number of thioether (sulfide) groups is 1. The van der Waals surface area contributed by atoms with Gasteiger partial charge in [0, 0.05) is 6.54 Å². The molecule has 4 aliphatic carbocycles. The first-order chi connectivity index (χ1) is 10.6. The normalized spacial score (nSPS) is 35.7. The van der Waals surface area contributed by atoms with Crippen molar-refractivity contribution in [1.29, 1.82) is 0 Å². The first kappa shape index (κ1) is 14.4. The van der Waals surface area contributed by atoms with Crippen LogP contribution in [0.1, 0.15) is 38.5 Å². The number of nitrogens with two attached hydrogens (primary N) is 1. The minimum Gasteiger partial charge on any atom is -0.368 e. The van der Waals surface area contributed by atoms with Crippen LogP contribution in [0, 0.1) is 23.2 Å². The van der Waals surface area contributed by atoms with Crippen LogP contribution in [0.25, 0.3) is 0 Å². The van der Waals surface area contributed by atoms with Gasteiger partial charge in [0.2, 0.25) is 17.0 Å². The molecule has 0 atom stereocenters. The van der Waals surface area contributed by atoms with E-state index in [1.165, 1.54) is 50.3 Å². The Hall–Kier alpha value is -1.24. The lowest BCUT2D eigenvalue weighted by atomic mass is 9.49. The quantitative estimate of drug-likeness (QED) is 0.719. The van der Waals surface area contributed by atoms with E-state index in [0.29, 0.717) is 16.3 Å². The molecule has 1 heterocycles. The topological polar surface area (TPSA) is 96.7 Å². The lowest BCUT2D eigenvalue weighted by Gasteiger charge is -2.56. The number of nitrogens with zero attached hydrogens (tertiary/aromatic N) is 2. The SMILES string of the molecule is Nc1nc(SCC(=O)NCC23CC4CC(CC(C4)C2)C3)n[nH]1. The van der Waals surface area contributed by atoms with Crippen molar-refractivity contribution in [3.05, 3.63) is 0 Å². The third-order valence-corrected chi connectivity index (χ3v) is 6.49. The van der Waals surface area contributed by atoms with Crippen LogP contribution in [-0.4, -0.2) is 33.4 Å². The van der Waals surface area contributed by atoms with Crippen LogP contribution in [0.2, 0.25) is 0 Å². The molecule has 6 nitrogen and oxygen atoms in total. The number of hydrogen-bond donors (Lipinski definition) is 3. The molecule has 4 aliphatic rings. The highest BCUT2D eigenvalue weighted by molar-refractivity contribution is 7.99. The molecule has 0 aromatic carbocycles. The first-order valence-electron chi connectivity index (χ1n) is 8.18. The number of hydrogen-bond acceptors (Lipinski definition) is 5. The highest BCUT2D eigenvalue weighted by Crippen LogP contribution is 2.59. The average molecular weight is 321 g/mol. The van der Waals surface area contributed by atoms with Crippen LogP contribution in [0.3, 0.4) is 0 Å².